The maximum atomic E-state index is 12.2. The van der Waals surface area contributed by atoms with Crippen LogP contribution in [0.15, 0.2) is 60.7 Å². The van der Waals surface area contributed by atoms with E-state index in [1.54, 1.807) is 38.5 Å². The molecule has 28 heavy (non-hydrogen) atoms. The van der Waals surface area contributed by atoms with Crippen molar-refractivity contribution in [1.29, 1.82) is 0 Å². The van der Waals surface area contributed by atoms with E-state index in [0.717, 1.165) is 5.56 Å². The number of hydrogen-bond donors (Lipinski definition) is 0. The summed E-state index contributed by atoms with van der Waals surface area (Å²) < 4.78 is 28.2. The van der Waals surface area contributed by atoms with Crippen LogP contribution in [0.2, 0.25) is 0 Å². The van der Waals surface area contributed by atoms with Crippen LogP contribution in [0.1, 0.15) is 15.9 Å². The molecule has 0 spiro atoms. The molecule has 1 heterocycles. The zero-order valence-corrected chi connectivity index (χ0v) is 16.2. The second-order valence-corrected chi connectivity index (χ2v) is 6.61. The molecule has 0 N–H and O–H groups in total. The van der Waals surface area contributed by atoms with Gasteiger partial charge in [-0.2, -0.15) is 0 Å². The number of esters is 1. The van der Waals surface area contributed by atoms with Crippen LogP contribution in [0.3, 0.4) is 0 Å². The fourth-order valence-electron chi connectivity index (χ4n) is 3.31. The van der Waals surface area contributed by atoms with Crippen molar-refractivity contribution in [1.82, 2.24) is 0 Å². The summed E-state index contributed by atoms with van der Waals surface area (Å²) in [4.78, 5) is 12.2. The van der Waals surface area contributed by atoms with Gasteiger partial charge in [0.1, 0.15) is 18.8 Å². The number of carbonyl (C=O) groups excluding carboxylic acids is 1. The van der Waals surface area contributed by atoms with Gasteiger partial charge < -0.3 is 23.7 Å². The van der Waals surface area contributed by atoms with E-state index in [1.165, 1.54) is 0 Å². The monoisotopic (exact) mass is 386 g/mol. The summed E-state index contributed by atoms with van der Waals surface area (Å²) in [6, 6.07) is 18.8. The highest BCUT2D eigenvalue weighted by Crippen LogP contribution is 2.31. The molecule has 1 unspecified atom stereocenters. The Bertz CT molecular complexity index is 720. The zero-order chi connectivity index (χ0) is 19.8. The lowest BCUT2D eigenvalue weighted by atomic mass is 9.99. The van der Waals surface area contributed by atoms with Gasteiger partial charge in [-0.1, -0.05) is 48.5 Å². The third-order valence-corrected chi connectivity index (χ3v) is 4.79. The van der Waals surface area contributed by atoms with Gasteiger partial charge in [-0.3, -0.25) is 0 Å². The molecule has 2 aromatic carbocycles. The van der Waals surface area contributed by atoms with Gasteiger partial charge in [0.25, 0.3) is 0 Å². The molecule has 1 aliphatic heterocycles. The Kier molecular flexibility index (Phi) is 7.56. The van der Waals surface area contributed by atoms with Crippen LogP contribution >= 0.6 is 0 Å². The van der Waals surface area contributed by atoms with Crippen molar-refractivity contribution in [2.45, 2.75) is 25.1 Å². The molecule has 1 aliphatic rings. The second-order valence-electron chi connectivity index (χ2n) is 6.61. The summed E-state index contributed by atoms with van der Waals surface area (Å²) >= 11 is 0. The molecule has 6 nitrogen and oxygen atoms in total. The number of rotatable bonds is 9. The van der Waals surface area contributed by atoms with Crippen molar-refractivity contribution in [2.24, 2.45) is 5.92 Å². The molecule has 1 saturated heterocycles. The highest BCUT2D eigenvalue weighted by molar-refractivity contribution is 5.89. The average Bonchev–Trinajstić information content (AvgIpc) is 3.10. The Morgan fingerprint density at radius 1 is 0.929 bits per heavy atom. The molecule has 0 aromatic heterocycles. The first-order chi connectivity index (χ1) is 13.7. The molecule has 1 fully saturated rings. The number of hydrogen-bond acceptors (Lipinski definition) is 6. The molecule has 3 rings (SSSR count). The van der Waals surface area contributed by atoms with E-state index in [4.69, 9.17) is 23.7 Å². The van der Waals surface area contributed by atoms with Gasteiger partial charge in [-0.25, -0.2) is 4.79 Å². The number of ether oxygens (including phenoxy) is 5. The van der Waals surface area contributed by atoms with E-state index in [0.29, 0.717) is 18.8 Å². The van der Waals surface area contributed by atoms with Crippen molar-refractivity contribution >= 4 is 5.97 Å². The first-order valence-corrected chi connectivity index (χ1v) is 9.27. The van der Waals surface area contributed by atoms with Crippen LogP contribution in [0.5, 0.6) is 0 Å². The van der Waals surface area contributed by atoms with E-state index < -0.39 is 6.29 Å². The van der Waals surface area contributed by atoms with E-state index in [1.807, 2.05) is 36.4 Å². The van der Waals surface area contributed by atoms with Gasteiger partial charge in [-0.05, 0) is 17.7 Å². The van der Waals surface area contributed by atoms with Crippen molar-refractivity contribution in [3.63, 3.8) is 0 Å². The SMILES string of the molecule is COC1[C@H](OC)O[C@H](COC(=O)c2ccccc2)[C@@H]1COCc1ccccc1. The van der Waals surface area contributed by atoms with Crippen molar-refractivity contribution < 1.29 is 28.5 Å². The highest BCUT2D eigenvalue weighted by atomic mass is 16.7. The molecule has 2 aromatic rings. The Morgan fingerprint density at radius 2 is 1.61 bits per heavy atom. The van der Waals surface area contributed by atoms with Gasteiger partial charge in [-0.15, -0.1) is 0 Å². The standard InChI is InChI=1S/C22H26O6/c1-24-20-18(14-26-13-16-9-5-3-6-10-16)19(28-22(20)25-2)15-27-21(23)17-11-7-4-8-12-17/h3-12,18-20,22H,13-15H2,1-2H3/t18-,19+,20?,22+/m0/s1. The van der Waals surface area contributed by atoms with Crippen molar-refractivity contribution in [2.75, 3.05) is 27.4 Å². The minimum atomic E-state index is -0.532. The highest BCUT2D eigenvalue weighted by Gasteiger charge is 2.45. The van der Waals surface area contributed by atoms with Crippen LogP contribution in [0.25, 0.3) is 0 Å². The maximum absolute atomic E-state index is 12.2. The molecule has 6 heteroatoms. The molecule has 150 valence electrons. The molecule has 0 amide bonds. The molecule has 4 atom stereocenters. The molecule has 0 saturated carbocycles. The van der Waals surface area contributed by atoms with Crippen LogP contribution in [-0.4, -0.2) is 51.9 Å². The van der Waals surface area contributed by atoms with Crippen LogP contribution < -0.4 is 0 Å². The smallest absolute Gasteiger partial charge is 0.338 e. The predicted octanol–water partition coefficient (Wildman–Crippen LogP) is 3.06. The van der Waals surface area contributed by atoms with Gasteiger partial charge in [0.15, 0.2) is 6.29 Å². The van der Waals surface area contributed by atoms with Crippen molar-refractivity contribution in [3.8, 4) is 0 Å². The fourth-order valence-corrected chi connectivity index (χ4v) is 3.31. The Hall–Kier alpha value is -2.25. The molecular weight excluding hydrogens is 360 g/mol. The van der Waals surface area contributed by atoms with Crippen LogP contribution in [0.4, 0.5) is 0 Å². The van der Waals surface area contributed by atoms with E-state index in [2.05, 4.69) is 0 Å². The first kappa shape index (κ1) is 20.5. The summed E-state index contributed by atoms with van der Waals surface area (Å²) in [5.41, 5.74) is 1.59. The summed E-state index contributed by atoms with van der Waals surface area (Å²) in [5.74, 6) is -0.509. The van der Waals surface area contributed by atoms with E-state index in [9.17, 15) is 4.79 Å². The quantitative estimate of drug-likeness (QED) is 0.617. The normalized spacial score (nSPS) is 24.2. The van der Waals surface area contributed by atoms with Crippen LogP contribution in [0, 0.1) is 5.92 Å². The Morgan fingerprint density at radius 3 is 2.25 bits per heavy atom. The lowest BCUT2D eigenvalue weighted by Gasteiger charge is -2.22. The summed E-state index contributed by atoms with van der Waals surface area (Å²) in [6.07, 6.45) is -1.21. The molecule has 0 bridgehead atoms. The minimum absolute atomic E-state index is 0.104. The van der Waals surface area contributed by atoms with Crippen molar-refractivity contribution in [3.05, 3.63) is 71.8 Å². The van der Waals surface area contributed by atoms with Gasteiger partial charge in [0.05, 0.1) is 18.8 Å². The number of methoxy groups -OCH3 is 2. The fraction of sp³-hybridized carbons (Fsp3) is 0.409. The van der Waals surface area contributed by atoms with Gasteiger partial charge in [0.2, 0.25) is 0 Å². The van der Waals surface area contributed by atoms with Crippen LogP contribution in [-0.2, 0) is 30.3 Å². The average molecular weight is 386 g/mol. The maximum Gasteiger partial charge on any atom is 0.338 e. The number of benzene rings is 2. The topological polar surface area (TPSA) is 63.2 Å². The van der Waals surface area contributed by atoms with Gasteiger partial charge in [0, 0.05) is 20.1 Å². The third kappa shape index (κ3) is 5.17. The lowest BCUT2D eigenvalue weighted by molar-refractivity contribution is -0.159. The van der Waals surface area contributed by atoms with Gasteiger partial charge >= 0.3 is 5.97 Å². The lowest BCUT2D eigenvalue weighted by Crippen LogP contribution is -2.35. The molecule has 0 aliphatic carbocycles. The predicted molar refractivity (Wildman–Crippen MR) is 103 cm³/mol. The van der Waals surface area contributed by atoms with E-state index in [-0.39, 0.29) is 30.7 Å². The minimum Gasteiger partial charge on any atom is -0.459 e. The second kappa shape index (κ2) is 10.3. The summed E-state index contributed by atoms with van der Waals surface area (Å²) in [5, 5.41) is 0. The molecule has 0 radical (unpaired) electrons. The number of carbonyl (C=O) groups is 1. The largest absolute Gasteiger partial charge is 0.459 e. The summed E-state index contributed by atoms with van der Waals surface area (Å²) in [7, 11) is 3.18. The van der Waals surface area contributed by atoms with E-state index >= 15 is 0 Å². The zero-order valence-electron chi connectivity index (χ0n) is 16.2. The first-order valence-electron chi connectivity index (χ1n) is 9.27. The Balaban J connectivity index is 1.59. The third-order valence-electron chi connectivity index (χ3n) is 4.79. The molecular formula is C22H26O6. The summed E-state index contributed by atoms with van der Waals surface area (Å²) in [6.45, 7) is 0.996. The Labute approximate surface area is 165 Å².